The molecule has 0 spiro atoms. The molecule has 1 amide bonds. The van der Waals surface area contributed by atoms with Crippen LogP contribution in [0.3, 0.4) is 0 Å². The van der Waals surface area contributed by atoms with Crippen molar-refractivity contribution in [1.29, 1.82) is 0 Å². The van der Waals surface area contributed by atoms with Crippen LogP contribution < -0.4 is 14.4 Å². The first-order valence-corrected chi connectivity index (χ1v) is 17.6. The van der Waals surface area contributed by atoms with Crippen molar-refractivity contribution in [3.8, 4) is 11.5 Å². The molecular weight excluding hydrogens is 642 g/mol. The lowest BCUT2D eigenvalue weighted by Gasteiger charge is -2.22. The summed E-state index contributed by atoms with van der Waals surface area (Å²) in [6.07, 6.45) is 5.08. The predicted molar refractivity (Wildman–Crippen MR) is 184 cm³/mol. The number of nitrogens with zero attached hydrogens (tertiary/aromatic N) is 3. The van der Waals surface area contributed by atoms with E-state index in [4.69, 9.17) is 21.1 Å². The van der Waals surface area contributed by atoms with Crippen LogP contribution in [0.25, 0.3) is 5.76 Å². The van der Waals surface area contributed by atoms with Crippen molar-refractivity contribution in [2.45, 2.75) is 62.1 Å². The second-order valence-corrected chi connectivity index (χ2v) is 13.3. The molecule has 3 aromatic carbocycles. The van der Waals surface area contributed by atoms with Crippen molar-refractivity contribution < 1.29 is 24.2 Å². The standard InChI is InChI=1S/C35H36ClN3O5S2/c1-3-5-9-21-44-26-16-12-23(13-17-26)30-29(31(40)24-14-18-27(19-15-24)43-20-6-4-2)32(41)33(42)39(30)34-37-38-35(46-34)45-22-25-10-7-8-11-28(25)36/h7-8,10-19,30,40H,3-6,9,20-22H2,1-2H3/t30-/m1/s1. The molecule has 46 heavy (non-hydrogen) atoms. The van der Waals surface area contributed by atoms with Crippen LogP contribution in [0.15, 0.2) is 82.7 Å². The summed E-state index contributed by atoms with van der Waals surface area (Å²) in [5, 5.41) is 21.1. The molecule has 0 aliphatic carbocycles. The lowest BCUT2D eigenvalue weighted by molar-refractivity contribution is -0.132. The maximum Gasteiger partial charge on any atom is 0.301 e. The summed E-state index contributed by atoms with van der Waals surface area (Å²) in [6.45, 7) is 5.42. The first-order valence-electron chi connectivity index (χ1n) is 15.4. The van der Waals surface area contributed by atoms with E-state index >= 15 is 0 Å². The van der Waals surface area contributed by atoms with Crippen molar-refractivity contribution >= 4 is 57.3 Å². The number of unbranched alkanes of at least 4 members (excludes halogenated alkanes) is 3. The second kappa shape index (κ2) is 16.1. The minimum absolute atomic E-state index is 0.0262. The molecular formula is C35H36ClN3O5S2. The number of aliphatic hydroxyl groups is 1. The van der Waals surface area contributed by atoms with E-state index in [0.717, 1.165) is 37.7 Å². The van der Waals surface area contributed by atoms with Gasteiger partial charge < -0.3 is 14.6 Å². The van der Waals surface area contributed by atoms with Gasteiger partial charge in [0.25, 0.3) is 5.78 Å². The lowest BCUT2D eigenvalue weighted by atomic mass is 9.95. The SMILES string of the molecule is CCCCCOc1ccc([C@@H]2C(=C(O)c3ccc(OCCCC)cc3)C(=O)C(=O)N2c2nnc(SCc3ccccc3Cl)s2)cc1. The van der Waals surface area contributed by atoms with E-state index in [1.807, 2.05) is 48.5 Å². The minimum atomic E-state index is -0.927. The number of anilines is 1. The molecule has 240 valence electrons. The topological polar surface area (TPSA) is 102 Å². The van der Waals surface area contributed by atoms with Gasteiger partial charge in [0.2, 0.25) is 5.13 Å². The third kappa shape index (κ3) is 7.92. The molecule has 0 bridgehead atoms. The Balaban J connectivity index is 1.47. The largest absolute Gasteiger partial charge is 0.507 e. The van der Waals surface area contributed by atoms with E-state index in [2.05, 4.69) is 24.0 Å². The number of aromatic nitrogens is 2. The maximum absolute atomic E-state index is 13.6. The van der Waals surface area contributed by atoms with Crippen molar-refractivity contribution in [2.24, 2.45) is 0 Å². The number of carbonyl (C=O) groups excluding carboxylic acids is 2. The molecule has 8 nitrogen and oxygen atoms in total. The quantitative estimate of drug-likeness (QED) is 0.0333. The number of thioether (sulfide) groups is 1. The van der Waals surface area contributed by atoms with Gasteiger partial charge in [-0.2, -0.15) is 0 Å². The Morgan fingerprint density at radius 1 is 0.891 bits per heavy atom. The summed E-state index contributed by atoms with van der Waals surface area (Å²) in [5.74, 6) is 0.0467. The fourth-order valence-corrected chi connectivity index (χ4v) is 7.10. The Morgan fingerprint density at radius 2 is 1.54 bits per heavy atom. The number of aliphatic hydroxyl groups excluding tert-OH is 1. The van der Waals surface area contributed by atoms with E-state index < -0.39 is 17.7 Å². The summed E-state index contributed by atoms with van der Waals surface area (Å²) in [5.41, 5.74) is 1.95. The normalized spacial score (nSPS) is 15.8. The first kappa shape index (κ1) is 33.5. The van der Waals surface area contributed by atoms with Crippen molar-refractivity contribution in [2.75, 3.05) is 18.1 Å². The number of carbonyl (C=O) groups is 2. The van der Waals surface area contributed by atoms with Gasteiger partial charge in [-0.05, 0) is 66.4 Å². The van der Waals surface area contributed by atoms with Crippen LogP contribution in [-0.2, 0) is 15.3 Å². The molecule has 11 heteroatoms. The molecule has 1 atom stereocenters. The van der Waals surface area contributed by atoms with E-state index in [0.29, 0.717) is 51.0 Å². The van der Waals surface area contributed by atoms with E-state index in [1.165, 1.54) is 28.0 Å². The smallest absolute Gasteiger partial charge is 0.301 e. The van der Waals surface area contributed by atoms with Crippen LogP contribution in [0, 0.1) is 0 Å². The average Bonchev–Trinajstić information content (AvgIpc) is 3.64. The molecule has 2 heterocycles. The summed E-state index contributed by atoms with van der Waals surface area (Å²) in [6, 6.07) is 20.7. The van der Waals surface area contributed by atoms with Gasteiger partial charge in [0.1, 0.15) is 17.3 Å². The van der Waals surface area contributed by atoms with Gasteiger partial charge in [0, 0.05) is 16.3 Å². The summed E-state index contributed by atoms with van der Waals surface area (Å²) >= 11 is 8.97. The monoisotopic (exact) mass is 677 g/mol. The van der Waals surface area contributed by atoms with E-state index in [1.54, 1.807) is 24.3 Å². The Hall–Kier alpha value is -3.86. The van der Waals surface area contributed by atoms with Gasteiger partial charge >= 0.3 is 5.91 Å². The zero-order valence-corrected chi connectivity index (χ0v) is 28.2. The van der Waals surface area contributed by atoms with Crippen molar-refractivity contribution in [3.05, 3.63) is 100 Å². The van der Waals surface area contributed by atoms with Crippen LogP contribution in [0.2, 0.25) is 5.02 Å². The molecule has 1 N–H and O–H groups in total. The maximum atomic E-state index is 13.6. The van der Waals surface area contributed by atoms with Crippen LogP contribution in [0.5, 0.6) is 11.5 Å². The highest BCUT2D eigenvalue weighted by atomic mass is 35.5. The minimum Gasteiger partial charge on any atom is -0.507 e. The Labute approximate surface area is 282 Å². The molecule has 1 aliphatic heterocycles. The highest BCUT2D eigenvalue weighted by molar-refractivity contribution is 8.00. The predicted octanol–water partition coefficient (Wildman–Crippen LogP) is 8.86. The van der Waals surface area contributed by atoms with Crippen LogP contribution in [0.1, 0.15) is 68.7 Å². The highest BCUT2D eigenvalue weighted by Gasteiger charge is 2.48. The molecule has 1 aliphatic rings. The molecule has 0 unspecified atom stereocenters. The molecule has 4 aromatic rings. The number of hydrogen-bond donors (Lipinski definition) is 1. The number of rotatable bonds is 15. The fourth-order valence-electron chi connectivity index (χ4n) is 4.95. The fraction of sp³-hybridized carbons (Fsp3) is 0.314. The van der Waals surface area contributed by atoms with Gasteiger partial charge in [-0.25, -0.2) is 0 Å². The van der Waals surface area contributed by atoms with Crippen molar-refractivity contribution in [1.82, 2.24) is 10.2 Å². The average molecular weight is 678 g/mol. The Kier molecular flexibility index (Phi) is 11.7. The molecule has 1 aromatic heterocycles. The van der Waals surface area contributed by atoms with Crippen molar-refractivity contribution in [3.63, 3.8) is 0 Å². The van der Waals surface area contributed by atoms with E-state index in [9.17, 15) is 14.7 Å². The summed E-state index contributed by atoms with van der Waals surface area (Å²) < 4.78 is 12.3. The zero-order chi connectivity index (χ0) is 32.5. The molecule has 5 rings (SSSR count). The number of benzene rings is 3. The number of ether oxygens (including phenoxy) is 2. The number of Topliss-reactive ketones (excluding diaryl/α,β-unsaturated/α-hetero) is 1. The summed E-state index contributed by atoms with van der Waals surface area (Å²) in [4.78, 5) is 28.6. The number of hydrogen-bond acceptors (Lipinski definition) is 9. The van der Waals surface area contributed by atoms with Gasteiger partial charge in [0.05, 0.1) is 24.8 Å². The molecule has 0 radical (unpaired) electrons. The first-order chi connectivity index (χ1) is 22.4. The van der Waals surface area contributed by atoms with Crippen LogP contribution in [-0.4, -0.2) is 40.2 Å². The Morgan fingerprint density at radius 3 is 2.22 bits per heavy atom. The third-order valence-corrected chi connectivity index (χ3v) is 9.94. The molecule has 1 fully saturated rings. The van der Waals surface area contributed by atoms with Gasteiger partial charge in [0.15, 0.2) is 4.34 Å². The zero-order valence-electron chi connectivity index (χ0n) is 25.8. The number of ketones is 1. The molecule has 1 saturated heterocycles. The van der Waals surface area contributed by atoms with Gasteiger partial charge in [-0.15, -0.1) is 10.2 Å². The summed E-state index contributed by atoms with van der Waals surface area (Å²) in [7, 11) is 0. The Bertz CT molecular complexity index is 1670. The second-order valence-electron chi connectivity index (χ2n) is 10.8. The van der Waals surface area contributed by atoms with Gasteiger partial charge in [-0.3, -0.25) is 14.5 Å². The number of amides is 1. The van der Waals surface area contributed by atoms with Crippen LogP contribution in [0.4, 0.5) is 5.13 Å². The molecule has 0 saturated carbocycles. The van der Waals surface area contributed by atoms with Gasteiger partial charge in [-0.1, -0.05) is 98.1 Å². The number of halogens is 1. The lowest BCUT2D eigenvalue weighted by Crippen LogP contribution is -2.29. The van der Waals surface area contributed by atoms with Crippen LogP contribution >= 0.6 is 34.7 Å². The third-order valence-electron chi connectivity index (χ3n) is 7.46. The highest BCUT2D eigenvalue weighted by Crippen LogP contribution is 2.44. The van der Waals surface area contributed by atoms with E-state index in [-0.39, 0.29) is 16.5 Å².